The molecule has 1 nitrogen and oxygen atoms in total. The molecule has 0 fully saturated rings. The summed E-state index contributed by atoms with van der Waals surface area (Å²) in [6.45, 7) is 0. The number of hydrogen-bond donors (Lipinski definition) is 0. The predicted molar refractivity (Wildman–Crippen MR) is 67.4 cm³/mol. The second-order valence-electron chi connectivity index (χ2n) is 2.85. The fourth-order valence-corrected chi connectivity index (χ4v) is 2.35. The van der Waals surface area contributed by atoms with Gasteiger partial charge in [0, 0.05) is 15.3 Å². The number of rotatable bonds is 1. The molecule has 0 saturated heterocycles. The largest absolute Gasteiger partial charge is 0.254 e. The quantitative estimate of drug-likeness (QED) is 0.725. The van der Waals surface area contributed by atoms with E-state index >= 15 is 0 Å². The van der Waals surface area contributed by atoms with Gasteiger partial charge in [0.25, 0.3) is 0 Å². The maximum Gasteiger partial charge on any atom is 0.0836 e. The maximum atomic E-state index is 5.84. The minimum Gasteiger partial charge on any atom is -0.254 e. The number of aromatic nitrogens is 1. The predicted octanol–water partition coefficient (Wildman–Crippen LogP) is 4.01. The van der Waals surface area contributed by atoms with Crippen molar-refractivity contribution in [1.29, 1.82) is 0 Å². The van der Waals surface area contributed by atoms with Crippen LogP contribution in [-0.2, 0) is 0 Å². The first-order chi connectivity index (χ1) is 6.77. The Kier molecular flexibility index (Phi) is 3.03. The second-order valence-corrected chi connectivity index (χ2v) is 4.45. The van der Waals surface area contributed by atoms with E-state index in [4.69, 9.17) is 11.6 Å². The van der Waals surface area contributed by atoms with Gasteiger partial charge >= 0.3 is 0 Å². The highest BCUT2D eigenvalue weighted by molar-refractivity contribution is 14.1. The van der Waals surface area contributed by atoms with Gasteiger partial charge < -0.3 is 0 Å². The lowest BCUT2D eigenvalue weighted by molar-refractivity contribution is 1.31. The second kappa shape index (κ2) is 4.28. The van der Waals surface area contributed by atoms with Crippen LogP contribution in [0, 0.1) is 3.57 Å². The van der Waals surface area contributed by atoms with Crippen molar-refractivity contribution in [2.24, 2.45) is 0 Å². The topological polar surface area (TPSA) is 12.9 Å². The average Bonchev–Trinajstić information content (AvgIpc) is 2.19. The Morgan fingerprint density at radius 3 is 2.50 bits per heavy atom. The third kappa shape index (κ3) is 2.07. The summed E-state index contributed by atoms with van der Waals surface area (Å²) in [5.74, 6) is 0. The van der Waals surface area contributed by atoms with Crippen molar-refractivity contribution in [3.63, 3.8) is 0 Å². The molecule has 0 N–H and O–H groups in total. The molecule has 0 atom stereocenters. The molecule has 1 heterocycles. The van der Waals surface area contributed by atoms with Crippen molar-refractivity contribution in [2.75, 3.05) is 0 Å². The SMILES string of the molecule is Clc1cnc(-c2ccccc2)c(I)c1. The molecule has 0 bridgehead atoms. The van der Waals surface area contributed by atoms with Crippen LogP contribution in [0.4, 0.5) is 0 Å². The number of benzene rings is 1. The lowest BCUT2D eigenvalue weighted by Crippen LogP contribution is -1.86. The van der Waals surface area contributed by atoms with Gasteiger partial charge in [0.1, 0.15) is 0 Å². The van der Waals surface area contributed by atoms with E-state index in [9.17, 15) is 0 Å². The highest BCUT2D eigenvalue weighted by Crippen LogP contribution is 2.24. The zero-order valence-electron chi connectivity index (χ0n) is 7.24. The third-order valence-electron chi connectivity index (χ3n) is 1.86. The Labute approximate surface area is 101 Å². The molecule has 0 saturated carbocycles. The molecular weight excluding hydrogens is 308 g/mol. The van der Waals surface area contributed by atoms with Gasteiger partial charge in [-0.25, -0.2) is 0 Å². The van der Waals surface area contributed by atoms with Crippen LogP contribution < -0.4 is 0 Å². The molecule has 0 aliphatic heterocycles. The third-order valence-corrected chi connectivity index (χ3v) is 2.88. The molecule has 2 rings (SSSR count). The lowest BCUT2D eigenvalue weighted by Gasteiger charge is -2.03. The molecule has 1 aromatic carbocycles. The first kappa shape index (κ1) is 9.93. The summed E-state index contributed by atoms with van der Waals surface area (Å²) in [5.41, 5.74) is 2.10. The zero-order valence-corrected chi connectivity index (χ0v) is 10.2. The molecule has 0 unspecified atom stereocenters. The first-order valence-electron chi connectivity index (χ1n) is 4.14. The number of pyridine rings is 1. The van der Waals surface area contributed by atoms with E-state index in [1.807, 2.05) is 36.4 Å². The molecule has 1 aromatic heterocycles. The smallest absolute Gasteiger partial charge is 0.0836 e. The van der Waals surface area contributed by atoms with Gasteiger partial charge in [-0.2, -0.15) is 0 Å². The van der Waals surface area contributed by atoms with Crippen LogP contribution in [-0.4, -0.2) is 4.98 Å². The molecule has 0 spiro atoms. The Morgan fingerprint density at radius 2 is 1.86 bits per heavy atom. The fourth-order valence-electron chi connectivity index (χ4n) is 1.22. The van der Waals surface area contributed by atoms with E-state index < -0.39 is 0 Å². The molecule has 0 amide bonds. The van der Waals surface area contributed by atoms with Gasteiger partial charge in [0.05, 0.1) is 10.7 Å². The Bertz CT molecular complexity index is 442. The number of nitrogens with zero attached hydrogens (tertiary/aromatic N) is 1. The Balaban J connectivity index is 2.53. The zero-order chi connectivity index (χ0) is 9.97. The van der Waals surface area contributed by atoms with E-state index in [0.29, 0.717) is 5.02 Å². The first-order valence-corrected chi connectivity index (χ1v) is 5.59. The summed E-state index contributed by atoms with van der Waals surface area (Å²) in [7, 11) is 0. The van der Waals surface area contributed by atoms with Gasteiger partial charge in [-0.1, -0.05) is 41.9 Å². The lowest BCUT2D eigenvalue weighted by atomic mass is 10.1. The van der Waals surface area contributed by atoms with Gasteiger partial charge in [-0.05, 0) is 28.7 Å². The van der Waals surface area contributed by atoms with Crippen LogP contribution in [0.1, 0.15) is 0 Å². The van der Waals surface area contributed by atoms with Gasteiger partial charge in [-0.3, -0.25) is 4.98 Å². The van der Waals surface area contributed by atoms with Crippen molar-refractivity contribution < 1.29 is 0 Å². The van der Waals surface area contributed by atoms with E-state index in [-0.39, 0.29) is 0 Å². The summed E-state index contributed by atoms with van der Waals surface area (Å²) < 4.78 is 1.07. The molecular formula is C11H7ClIN. The van der Waals surface area contributed by atoms with E-state index in [1.54, 1.807) is 6.20 Å². The summed E-state index contributed by atoms with van der Waals surface area (Å²) in [6.07, 6.45) is 1.67. The molecule has 2 aromatic rings. The van der Waals surface area contributed by atoms with Crippen molar-refractivity contribution in [1.82, 2.24) is 4.98 Å². The van der Waals surface area contributed by atoms with Crippen LogP contribution in [0.3, 0.4) is 0 Å². The fraction of sp³-hybridized carbons (Fsp3) is 0. The summed E-state index contributed by atoms with van der Waals surface area (Å²) in [5, 5.41) is 0.675. The van der Waals surface area contributed by atoms with Crippen LogP contribution in [0.2, 0.25) is 5.02 Å². The highest BCUT2D eigenvalue weighted by Gasteiger charge is 2.03. The summed E-state index contributed by atoms with van der Waals surface area (Å²) in [6, 6.07) is 12.0. The molecule has 0 aliphatic rings. The van der Waals surface area contributed by atoms with Crippen LogP contribution >= 0.6 is 34.2 Å². The highest BCUT2D eigenvalue weighted by atomic mass is 127. The normalized spacial score (nSPS) is 10.1. The van der Waals surface area contributed by atoms with Gasteiger partial charge in [0.2, 0.25) is 0 Å². The van der Waals surface area contributed by atoms with Crippen molar-refractivity contribution in [3.8, 4) is 11.3 Å². The summed E-state index contributed by atoms with van der Waals surface area (Å²) in [4.78, 5) is 4.31. The van der Waals surface area contributed by atoms with Crippen molar-refractivity contribution >= 4 is 34.2 Å². The van der Waals surface area contributed by atoms with E-state index in [0.717, 1.165) is 14.8 Å². The minimum absolute atomic E-state index is 0.675. The molecule has 3 heteroatoms. The molecule has 14 heavy (non-hydrogen) atoms. The standard InChI is InChI=1S/C11H7ClIN/c12-9-6-10(13)11(14-7-9)8-4-2-1-3-5-8/h1-7H. The van der Waals surface area contributed by atoms with E-state index in [1.165, 1.54) is 0 Å². The van der Waals surface area contributed by atoms with Crippen LogP contribution in [0.25, 0.3) is 11.3 Å². The van der Waals surface area contributed by atoms with Crippen molar-refractivity contribution in [3.05, 3.63) is 51.2 Å². The average molecular weight is 316 g/mol. The minimum atomic E-state index is 0.675. The summed E-state index contributed by atoms with van der Waals surface area (Å²) >= 11 is 8.08. The monoisotopic (exact) mass is 315 g/mol. The van der Waals surface area contributed by atoms with Crippen LogP contribution in [0.5, 0.6) is 0 Å². The van der Waals surface area contributed by atoms with Gasteiger partial charge in [-0.15, -0.1) is 0 Å². The molecule has 0 aliphatic carbocycles. The Hall–Kier alpha value is -0.610. The Morgan fingerprint density at radius 1 is 1.14 bits per heavy atom. The van der Waals surface area contributed by atoms with Gasteiger partial charge in [0.15, 0.2) is 0 Å². The number of halogens is 2. The number of hydrogen-bond acceptors (Lipinski definition) is 1. The van der Waals surface area contributed by atoms with Crippen molar-refractivity contribution in [2.45, 2.75) is 0 Å². The van der Waals surface area contributed by atoms with Crippen LogP contribution in [0.15, 0.2) is 42.6 Å². The van der Waals surface area contributed by atoms with E-state index in [2.05, 4.69) is 27.6 Å². The molecule has 70 valence electrons. The molecule has 0 radical (unpaired) electrons. The maximum absolute atomic E-state index is 5.84.